The van der Waals surface area contributed by atoms with Gasteiger partial charge in [-0.3, -0.25) is 0 Å². The number of benzene rings is 1. The van der Waals surface area contributed by atoms with Gasteiger partial charge in [-0.2, -0.15) is 0 Å². The van der Waals surface area contributed by atoms with E-state index in [0.29, 0.717) is 0 Å². The van der Waals surface area contributed by atoms with Crippen molar-refractivity contribution in [1.82, 2.24) is 0 Å². The van der Waals surface area contributed by atoms with Crippen LogP contribution in [0, 0.1) is 0 Å². The van der Waals surface area contributed by atoms with Crippen molar-refractivity contribution < 1.29 is 0 Å². The molecule has 0 nitrogen and oxygen atoms in total. The fourth-order valence-corrected chi connectivity index (χ4v) is 1.32. The van der Waals surface area contributed by atoms with E-state index >= 15 is 0 Å². The Hall–Kier alpha value is -0.310. The van der Waals surface area contributed by atoms with E-state index in [2.05, 4.69) is 63.1 Å². The molecule has 1 aromatic rings. The Morgan fingerprint density at radius 3 is 2.55 bits per heavy atom. The summed E-state index contributed by atoms with van der Waals surface area (Å²) in [5.74, 6) is 0. The predicted octanol–water partition coefficient (Wildman–Crippen LogP) is 3.57. The second-order valence-corrected chi connectivity index (χ2v) is 3.11. The van der Waals surface area contributed by atoms with E-state index in [1.54, 1.807) is 0 Å². The average molecular weight is 258 g/mol. The third-order valence-electron chi connectivity index (χ3n) is 1.53. The molecule has 1 rings (SSSR count). The van der Waals surface area contributed by atoms with Gasteiger partial charge in [-0.25, -0.2) is 0 Å². The molecule has 58 valence electrons. The molecule has 0 saturated carbocycles. The average Bonchev–Trinajstić information content (AvgIpc) is 2.07. The van der Waals surface area contributed by atoms with Crippen molar-refractivity contribution in [2.75, 3.05) is 0 Å². The Morgan fingerprint density at radius 1 is 1.18 bits per heavy atom. The molecule has 1 aromatic carbocycles. The molecule has 0 heterocycles. The van der Waals surface area contributed by atoms with Crippen LogP contribution in [0.3, 0.4) is 0 Å². The number of hydrogen-bond donors (Lipinski definition) is 0. The SMILES string of the molecule is I/C=C/CCc1ccccc1. The fourth-order valence-electron chi connectivity index (χ4n) is 0.958. The van der Waals surface area contributed by atoms with E-state index in [-0.39, 0.29) is 0 Å². The van der Waals surface area contributed by atoms with Crippen LogP contribution in [0.2, 0.25) is 0 Å². The molecular weight excluding hydrogens is 247 g/mol. The summed E-state index contributed by atoms with van der Waals surface area (Å²) in [6, 6.07) is 10.6. The first-order valence-electron chi connectivity index (χ1n) is 3.72. The summed E-state index contributed by atoms with van der Waals surface area (Å²) in [6.45, 7) is 0. The second kappa shape index (κ2) is 5.35. The molecule has 0 amide bonds. The van der Waals surface area contributed by atoms with Crippen molar-refractivity contribution >= 4 is 22.6 Å². The van der Waals surface area contributed by atoms with Crippen LogP contribution < -0.4 is 0 Å². The van der Waals surface area contributed by atoms with E-state index in [1.165, 1.54) is 5.56 Å². The maximum atomic E-state index is 2.25. The molecule has 0 N–H and O–H groups in total. The van der Waals surface area contributed by atoms with Gasteiger partial charge in [0.25, 0.3) is 0 Å². The normalized spacial score (nSPS) is 10.6. The lowest BCUT2D eigenvalue weighted by molar-refractivity contribution is 1.00. The molecule has 11 heavy (non-hydrogen) atoms. The van der Waals surface area contributed by atoms with Gasteiger partial charge in [0.1, 0.15) is 0 Å². The number of allylic oxidation sites excluding steroid dienone is 1. The Labute approximate surface area is 81.5 Å². The van der Waals surface area contributed by atoms with Gasteiger partial charge in [0.15, 0.2) is 0 Å². The van der Waals surface area contributed by atoms with Crippen LogP contribution in [0.5, 0.6) is 0 Å². The predicted molar refractivity (Wildman–Crippen MR) is 57.9 cm³/mol. The lowest BCUT2D eigenvalue weighted by Gasteiger charge is -1.95. The van der Waals surface area contributed by atoms with E-state index in [9.17, 15) is 0 Å². The van der Waals surface area contributed by atoms with Crippen LogP contribution >= 0.6 is 22.6 Å². The molecule has 0 bridgehead atoms. The van der Waals surface area contributed by atoms with Crippen LogP contribution in [-0.4, -0.2) is 0 Å². The Kier molecular flexibility index (Phi) is 4.28. The van der Waals surface area contributed by atoms with E-state index < -0.39 is 0 Å². The third kappa shape index (κ3) is 3.56. The summed E-state index contributed by atoms with van der Waals surface area (Å²) in [5, 5.41) is 0. The minimum atomic E-state index is 1.15. The van der Waals surface area contributed by atoms with Crippen molar-refractivity contribution in [3.05, 3.63) is 46.1 Å². The Balaban J connectivity index is 2.39. The summed E-state index contributed by atoms with van der Waals surface area (Å²) in [4.78, 5) is 0. The smallest absolute Gasteiger partial charge is 0.0244 e. The van der Waals surface area contributed by atoms with Crippen LogP contribution in [0.25, 0.3) is 0 Å². The van der Waals surface area contributed by atoms with Gasteiger partial charge in [0.2, 0.25) is 0 Å². The van der Waals surface area contributed by atoms with Gasteiger partial charge in [-0.1, -0.05) is 59.0 Å². The van der Waals surface area contributed by atoms with Gasteiger partial charge in [0.05, 0.1) is 0 Å². The van der Waals surface area contributed by atoms with E-state index in [1.807, 2.05) is 0 Å². The van der Waals surface area contributed by atoms with Crippen LogP contribution in [0.4, 0.5) is 0 Å². The minimum absolute atomic E-state index is 1.15. The summed E-state index contributed by atoms with van der Waals surface area (Å²) >= 11 is 2.25. The first-order chi connectivity index (χ1) is 5.43. The van der Waals surface area contributed by atoms with Crippen LogP contribution in [0.1, 0.15) is 12.0 Å². The topological polar surface area (TPSA) is 0 Å². The van der Waals surface area contributed by atoms with Crippen molar-refractivity contribution in [3.63, 3.8) is 0 Å². The molecule has 0 fully saturated rings. The van der Waals surface area contributed by atoms with Crippen molar-refractivity contribution in [2.24, 2.45) is 0 Å². The Morgan fingerprint density at radius 2 is 1.91 bits per heavy atom. The van der Waals surface area contributed by atoms with Crippen molar-refractivity contribution in [2.45, 2.75) is 12.8 Å². The summed E-state index contributed by atoms with van der Waals surface area (Å²) in [7, 11) is 0. The fraction of sp³-hybridized carbons (Fsp3) is 0.200. The third-order valence-corrected chi connectivity index (χ3v) is 2.04. The largest absolute Gasteiger partial charge is 0.0781 e. The molecule has 0 radical (unpaired) electrons. The number of hydrogen-bond acceptors (Lipinski definition) is 0. The first kappa shape index (κ1) is 8.78. The first-order valence-corrected chi connectivity index (χ1v) is 4.97. The zero-order valence-electron chi connectivity index (χ0n) is 6.33. The van der Waals surface area contributed by atoms with Gasteiger partial charge in [-0.05, 0) is 22.5 Å². The Bertz CT molecular complexity index is 214. The van der Waals surface area contributed by atoms with Crippen LogP contribution in [0.15, 0.2) is 40.5 Å². The van der Waals surface area contributed by atoms with Gasteiger partial charge in [-0.15, -0.1) is 0 Å². The molecule has 0 aliphatic rings. The zero-order chi connectivity index (χ0) is 7.94. The highest BCUT2D eigenvalue weighted by molar-refractivity contribution is 14.1. The molecule has 0 atom stereocenters. The molecule has 0 aliphatic carbocycles. The minimum Gasteiger partial charge on any atom is -0.0781 e. The molecule has 0 spiro atoms. The highest BCUT2D eigenvalue weighted by atomic mass is 127. The highest BCUT2D eigenvalue weighted by Gasteiger charge is 1.86. The number of rotatable bonds is 3. The number of halogens is 1. The quantitative estimate of drug-likeness (QED) is 0.727. The van der Waals surface area contributed by atoms with Gasteiger partial charge < -0.3 is 0 Å². The second-order valence-electron chi connectivity index (χ2n) is 2.39. The van der Waals surface area contributed by atoms with E-state index in [0.717, 1.165) is 12.8 Å². The molecular formula is C10H11I. The van der Waals surface area contributed by atoms with Crippen molar-refractivity contribution in [3.8, 4) is 0 Å². The van der Waals surface area contributed by atoms with E-state index in [4.69, 9.17) is 0 Å². The summed E-state index contributed by atoms with van der Waals surface area (Å²) in [5.41, 5.74) is 1.42. The maximum absolute atomic E-state index is 2.25. The maximum Gasteiger partial charge on any atom is -0.0244 e. The lowest BCUT2D eigenvalue weighted by atomic mass is 10.1. The molecule has 1 heteroatoms. The summed E-state index contributed by atoms with van der Waals surface area (Å²) < 4.78 is 2.07. The molecule has 0 aromatic heterocycles. The molecule has 0 unspecified atom stereocenters. The molecule has 0 aliphatic heterocycles. The zero-order valence-corrected chi connectivity index (χ0v) is 8.49. The van der Waals surface area contributed by atoms with Gasteiger partial charge >= 0.3 is 0 Å². The highest BCUT2D eigenvalue weighted by Crippen LogP contribution is 2.03. The number of aryl methyl sites for hydroxylation is 1. The van der Waals surface area contributed by atoms with Crippen LogP contribution in [-0.2, 0) is 6.42 Å². The standard InChI is InChI=1S/C10H11I/c11-9-5-4-8-10-6-2-1-3-7-10/h1-3,5-7,9H,4,8H2/b9-5+. The monoisotopic (exact) mass is 258 g/mol. The van der Waals surface area contributed by atoms with Gasteiger partial charge in [0, 0.05) is 0 Å². The van der Waals surface area contributed by atoms with Crippen molar-refractivity contribution in [1.29, 1.82) is 0 Å². The summed E-state index contributed by atoms with van der Waals surface area (Å²) in [6.07, 6.45) is 4.49. The lowest BCUT2D eigenvalue weighted by Crippen LogP contribution is -1.80. The molecule has 0 saturated heterocycles.